The average Bonchev–Trinajstić information content (AvgIpc) is 3.24. The number of aromatic nitrogens is 1. The van der Waals surface area contributed by atoms with E-state index >= 15 is 0 Å². The number of halogens is 1. The molecule has 1 amide bonds. The monoisotopic (exact) mass is 452 g/mol. The molecule has 0 radical (unpaired) electrons. The van der Waals surface area contributed by atoms with Crippen molar-refractivity contribution < 1.29 is 23.5 Å². The molecule has 1 aromatic carbocycles. The van der Waals surface area contributed by atoms with Gasteiger partial charge in [0, 0.05) is 13.2 Å². The smallest absolute Gasteiger partial charge is 0.337 e. The van der Waals surface area contributed by atoms with Crippen LogP contribution in [0, 0.1) is 0 Å². The molecule has 0 fully saturated rings. The van der Waals surface area contributed by atoms with Crippen LogP contribution in [0.15, 0.2) is 44.4 Å². The summed E-state index contributed by atoms with van der Waals surface area (Å²) in [5.41, 5.74) is 1.30. The fourth-order valence-corrected chi connectivity index (χ4v) is 3.89. The fraction of sp³-hybridized carbons (Fsp3) is 0.278. The Labute approximate surface area is 167 Å². The van der Waals surface area contributed by atoms with E-state index in [1.54, 1.807) is 24.3 Å². The molecule has 3 aromatic rings. The number of hydrogen-bond donors (Lipinski definition) is 0. The molecule has 0 spiro atoms. The second-order valence-corrected chi connectivity index (χ2v) is 7.22. The van der Waals surface area contributed by atoms with E-state index < -0.39 is 11.9 Å². The summed E-state index contributed by atoms with van der Waals surface area (Å²) in [7, 11) is 1.34. The summed E-state index contributed by atoms with van der Waals surface area (Å²) < 4.78 is 18.7. The summed E-state index contributed by atoms with van der Waals surface area (Å²) in [5, 5.41) is 0. The first-order valence-corrected chi connectivity index (χ1v) is 9.78. The van der Waals surface area contributed by atoms with E-state index in [2.05, 4.69) is 20.9 Å². The van der Waals surface area contributed by atoms with Crippen molar-refractivity contribution in [2.45, 2.75) is 13.5 Å². The molecule has 7 nitrogen and oxygen atoms in total. The van der Waals surface area contributed by atoms with Crippen LogP contribution >= 0.6 is 27.3 Å². The van der Waals surface area contributed by atoms with E-state index in [0.29, 0.717) is 34.8 Å². The highest BCUT2D eigenvalue weighted by Gasteiger charge is 2.14. The minimum Gasteiger partial charge on any atom is -0.465 e. The Morgan fingerprint density at radius 2 is 2.11 bits per heavy atom. The molecule has 0 saturated heterocycles. The van der Waals surface area contributed by atoms with Gasteiger partial charge in [0.25, 0.3) is 0 Å². The molecule has 0 atom stereocenters. The quantitative estimate of drug-likeness (QED) is 0.421. The number of fused-ring (bicyclic) bond motifs is 1. The Morgan fingerprint density at radius 3 is 2.78 bits per heavy atom. The highest BCUT2D eigenvalue weighted by molar-refractivity contribution is 9.10. The maximum atomic E-state index is 12.4. The average molecular weight is 453 g/mol. The van der Waals surface area contributed by atoms with Gasteiger partial charge in [-0.3, -0.25) is 4.79 Å². The van der Waals surface area contributed by atoms with Gasteiger partial charge in [0.15, 0.2) is 15.2 Å². The molecular weight excluding hydrogens is 436 g/mol. The zero-order valence-electron chi connectivity index (χ0n) is 14.7. The van der Waals surface area contributed by atoms with Gasteiger partial charge in [-0.05, 0) is 53.2 Å². The summed E-state index contributed by atoms with van der Waals surface area (Å²) >= 11 is 4.49. The zero-order valence-corrected chi connectivity index (χ0v) is 17.1. The number of methoxy groups -OCH3 is 1. The number of nitrogens with zero attached hydrogens (tertiary/aromatic N) is 2. The van der Waals surface area contributed by atoms with Gasteiger partial charge in [0.2, 0.25) is 0 Å². The van der Waals surface area contributed by atoms with Crippen molar-refractivity contribution in [2.24, 2.45) is 4.99 Å². The first-order valence-electron chi connectivity index (χ1n) is 8.17. The highest BCUT2D eigenvalue weighted by Crippen LogP contribution is 2.20. The predicted octanol–water partition coefficient (Wildman–Crippen LogP) is 3.62. The van der Waals surface area contributed by atoms with Crippen LogP contribution in [0.3, 0.4) is 0 Å². The molecule has 3 rings (SSSR count). The molecule has 0 unspecified atom stereocenters. The lowest BCUT2D eigenvalue weighted by molar-refractivity contribution is 0.0600. The van der Waals surface area contributed by atoms with Gasteiger partial charge >= 0.3 is 11.9 Å². The molecule has 0 aliphatic rings. The fourth-order valence-electron chi connectivity index (χ4n) is 2.49. The van der Waals surface area contributed by atoms with Gasteiger partial charge in [-0.25, -0.2) is 4.79 Å². The number of ether oxygens (including phenoxy) is 2. The number of thiazole rings is 1. The number of carbonyl (C=O) groups is 2. The van der Waals surface area contributed by atoms with Gasteiger partial charge in [0.1, 0.15) is 0 Å². The summed E-state index contributed by atoms with van der Waals surface area (Å²) in [4.78, 5) is 28.9. The van der Waals surface area contributed by atoms with Crippen molar-refractivity contribution in [3.8, 4) is 0 Å². The first-order chi connectivity index (χ1) is 13.0. The number of furan rings is 1. The molecule has 2 heterocycles. The molecule has 0 saturated carbocycles. The Balaban J connectivity index is 2.08. The van der Waals surface area contributed by atoms with Crippen molar-refractivity contribution in [1.29, 1.82) is 0 Å². The van der Waals surface area contributed by atoms with Crippen LogP contribution in [-0.2, 0) is 16.0 Å². The zero-order chi connectivity index (χ0) is 19.4. The van der Waals surface area contributed by atoms with Gasteiger partial charge in [-0.2, -0.15) is 4.99 Å². The minimum absolute atomic E-state index is 0.144. The van der Waals surface area contributed by atoms with Gasteiger partial charge < -0.3 is 18.5 Å². The molecular formula is C18H17BrN2O5S. The Hall–Kier alpha value is -2.23. The summed E-state index contributed by atoms with van der Waals surface area (Å²) in [5.74, 6) is -0.752. The lowest BCUT2D eigenvalue weighted by atomic mass is 10.2. The van der Waals surface area contributed by atoms with Crippen molar-refractivity contribution in [3.63, 3.8) is 0 Å². The first kappa shape index (κ1) is 19.5. The van der Waals surface area contributed by atoms with Crippen LogP contribution in [-0.4, -0.2) is 36.8 Å². The van der Waals surface area contributed by atoms with Crippen LogP contribution in [0.4, 0.5) is 0 Å². The van der Waals surface area contributed by atoms with E-state index in [9.17, 15) is 9.59 Å². The lowest BCUT2D eigenvalue weighted by Crippen LogP contribution is -2.19. The summed E-state index contributed by atoms with van der Waals surface area (Å²) in [6.07, 6.45) is 0. The number of carbonyl (C=O) groups excluding carboxylic acids is 2. The third-order valence-electron chi connectivity index (χ3n) is 3.75. The van der Waals surface area contributed by atoms with Crippen LogP contribution in [0.5, 0.6) is 0 Å². The lowest BCUT2D eigenvalue weighted by Gasteiger charge is -2.06. The summed E-state index contributed by atoms with van der Waals surface area (Å²) in [6.45, 7) is 3.53. The second-order valence-electron chi connectivity index (χ2n) is 5.43. The number of benzene rings is 1. The molecule has 0 aliphatic heterocycles. The number of rotatable bonds is 6. The van der Waals surface area contributed by atoms with Gasteiger partial charge in [-0.15, -0.1) is 0 Å². The maximum absolute atomic E-state index is 12.4. The van der Waals surface area contributed by atoms with Crippen LogP contribution in [0.2, 0.25) is 0 Å². The van der Waals surface area contributed by atoms with Crippen molar-refractivity contribution >= 4 is 49.4 Å². The number of amides is 1. The molecule has 27 heavy (non-hydrogen) atoms. The van der Waals surface area contributed by atoms with E-state index in [4.69, 9.17) is 13.9 Å². The Kier molecular flexibility index (Phi) is 6.25. The van der Waals surface area contributed by atoms with Crippen LogP contribution in [0.25, 0.3) is 10.2 Å². The van der Waals surface area contributed by atoms with E-state index in [1.165, 1.54) is 18.4 Å². The number of esters is 1. The van der Waals surface area contributed by atoms with E-state index in [1.807, 2.05) is 17.6 Å². The predicted molar refractivity (Wildman–Crippen MR) is 104 cm³/mol. The molecule has 9 heteroatoms. The Morgan fingerprint density at radius 1 is 1.30 bits per heavy atom. The van der Waals surface area contributed by atoms with Gasteiger partial charge in [-0.1, -0.05) is 11.3 Å². The normalized spacial score (nSPS) is 11.9. The largest absolute Gasteiger partial charge is 0.465 e. The van der Waals surface area contributed by atoms with E-state index in [0.717, 1.165) is 10.2 Å². The van der Waals surface area contributed by atoms with Gasteiger partial charge in [0.05, 0.1) is 29.5 Å². The third kappa shape index (κ3) is 4.37. The third-order valence-corrected chi connectivity index (χ3v) is 5.22. The topological polar surface area (TPSA) is 83.0 Å². The molecule has 142 valence electrons. The van der Waals surface area contributed by atoms with Crippen molar-refractivity contribution in [1.82, 2.24) is 4.57 Å². The molecule has 0 N–H and O–H groups in total. The number of hydrogen-bond acceptors (Lipinski definition) is 6. The SMILES string of the molecule is CCOCCn1c(=NC(=O)c2ccc(Br)o2)sc2cc(C(=O)OC)ccc21. The maximum Gasteiger partial charge on any atom is 0.337 e. The van der Waals surface area contributed by atoms with Crippen LogP contribution < -0.4 is 4.80 Å². The molecule has 0 aliphatic carbocycles. The Bertz CT molecular complexity index is 1050. The van der Waals surface area contributed by atoms with Crippen molar-refractivity contribution in [3.05, 3.63) is 51.1 Å². The van der Waals surface area contributed by atoms with Crippen molar-refractivity contribution in [2.75, 3.05) is 20.3 Å². The minimum atomic E-state index is -0.481. The highest BCUT2D eigenvalue weighted by atomic mass is 79.9. The molecule has 2 aromatic heterocycles. The molecule has 0 bridgehead atoms. The standard InChI is InChI=1S/C18H17BrN2O5S/c1-3-25-9-8-21-12-5-4-11(17(23)24-2)10-14(12)27-18(21)20-16(22)13-6-7-15(19)26-13/h4-7,10H,3,8-9H2,1-2H3. The van der Waals surface area contributed by atoms with E-state index in [-0.39, 0.29) is 5.76 Å². The second kappa shape index (κ2) is 8.64. The summed E-state index contributed by atoms with van der Waals surface area (Å²) in [6, 6.07) is 8.43. The van der Waals surface area contributed by atoms with Crippen LogP contribution in [0.1, 0.15) is 27.8 Å².